The zero-order valence-electron chi connectivity index (χ0n) is 11.5. The van der Waals surface area contributed by atoms with Crippen LogP contribution in [0.15, 0.2) is 18.2 Å². The van der Waals surface area contributed by atoms with Crippen molar-refractivity contribution in [2.75, 3.05) is 13.6 Å². The number of carbonyl (C=O) groups excluding carboxylic acids is 1. The van der Waals surface area contributed by atoms with E-state index in [-0.39, 0.29) is 6.03 Å². The van der Waals surface area contributed by atoms with Gasteiger partial charge in [-0.2, -0.15) is 0 Å². The molecule has 0 saturated heterocycles. The number of nitrogens with zero attached hydrogens (tertiary/aromatic N) is 1. The number of aryl methyl sites for hydroxylation is 2. The maximum Gasteiger partial charge on any atom is 0.317 e. The molecule has 1 aromatic carbocycles. The molecule has 0 aliphatic heterocycles. The van der Waals surface area contributed by atoms with Crippen molar-refractivity contribution in [3.05, 3.63) is 34.9 Å². The Morgan fingerprint density at radius 1 is 1.44 bits per heavy atom. The van der Waals surface area contributed by atoms with Crippen molar-refractivity contribution < 1.29 is 9.90 Å². The van der Waals surface area contributed by atoms with Crippen LogP contribution in [0.3, 0.4) is 0 Å². The number of nitrogens with one attached hydrogen (secondary N) is 1. The molecule has 1 atom stereocenters. The smallest absolute Gasteiger partial charge is 0.317 e. The number of likely N-dealkylation sites (N-methyl/N-ethyl adjacent to an activating group) is 1. The maximum absolute atomic E-state index is 11.7. The average Bonchev–Trinajstić information content (AvgIpc) is 2.26. The number of urea groups is 1. The first-order valence-corrected chi connectivity index (χ1v) is 6.13. The summed E-state index contributed by atoms with van der Waals surface area (Å²) in [4.78, 5) is 13.2. The predicted octanol–water partition coefficient (Wildman–Crippen LogP) is 1.83. The van der Waals surface area contributed by atoms with E-state index in [1.165, 1.54) is 16.0 Å². The number of rotatable bonds is 4. The SMILES string of the molecule is Cc1ccc(CNC(=O)N(C)CC(C)O)c(C)c1. The molecule has 1 rings (SSSR count). The van der Waals surface area contributed by atoms with Gasteiger partial charge in [0, 0.05) is 20.1 Å². The van der Waals surface area contributed by atoms with Gasteiger partial charge in [-0.3, -0.25) is 0 Å². The first-order chi connectivity index (χ1) is 8.40. The van der Waals surface area contributed by atoms with Crippen LogP contribution in [0.1, 0.15) is 23.6 Å². The number of hydrogen-bond acceptors (Lipinski definition) is 2. The molecule has 0 aliphatic carbocycles. The van der Waals surface area contributed by atoms with Crippen molar-refractivity contribution >= 4 is 6.03 Å². The maximum atomic E-state index is 11.7. The van der Waals surface area contributed by atoms with Crippen molar-refractivity contribution in [3.63, 3.8) is 0 Å². The standard InChI is InChI=1S/C14H22N2O2/c1-10-5-6-13(11(2)7-10)8-15-14(18)16(4)9-12(3)17/h5-7,12,17H,8-9H2,1-4H3,(H,15,18). The molecule has 0 aliphatic rings. The van der Waals surface area contributed by atoms with Crippen molar-refractivity contribution in [1.29, 1.82) is 0 Å². The van der Waals surface area contributed by atoms with Gasteiger partial charge in [0.1, 0.15) is 0 Å². The fourth-order valence-electron chi connectivity index (χ4n) is 1.83. The van der Waals surface area contributed by atoms with Gasteiger partial charge < -0.3 is 15.3 Å². The lowest BCUT2D eigenvalue weighted by atomic mass is 10.1. The third-order valence-corrected chi connectivity index (χ3v) is 2.81. The lowest BCUT2D eigenvalue weighted by Crippen LogP contribution is -2.40. The molecule has 1 unspecified atom stereocenters. The Bertz CT molecular complexity index is 416. The molecule has 1 aromatic rings. The fraction of sp³-hybridized carbons (Fsp3) is 0.500. The number of amides is 2. The third-order valence-electron chi connectivity index (χ3n) is 2.81. The van der Waals surface area contributed by atoms with Gasteiger partial charge in [-0.05, 0) is 31.9 Å². The molecule has 18 heavy (non-hydrogen) atoms. The van der Waals surface area contributed by atoms with Crippen molar-refractivity contribution in [2.24, 2.45) is 0 Å². The normalized spacial score (nSPS) is 12.1. The minimum Gasteiger partial charge on any atom is -0.392 e. The molecule has 0 saturated carbocycles. The summed E-state index contributed by atoms with van der Waals surface area (Å²) in [5, 5.41) is 12.1. The zero-order chi connectivity index (χ0) is 13.7. The topological polar surface area (TPSA) is 52.6 Å². The van der Waals surface area contributed by atoms with E-state index >= 15 is 0 Å². The highest BCUT2D eigenvalue weighted by Gasteiger charge is 2.10. The fourth-order valence-corrected chi connectivity index (χ4v) is 1.83. The summed E-state index contributed by atoms with van der Waals surface area (Å²) in [5.74, 6) is 0. The lowest BCUT2D eigenvalue weighted by molar-refractivity contribution is 0.143. The highest BCUT2D eigenvalue weighted by molar-refractivity contribution is 5.73. The summed E-state index contributed by atoms with van der Waals surface area (Å²) in [5.41, 5.74) is 3.50. The molecule has 0 bridgehead atoms. The van der Waals surface area contributed by atoms with Crippen LogP contribution < -0.4 is 5.32 Å². The van der Waals surface area contributed by atoms with Crippen LogP contribution in [0.25, 0.3) is 0 Å². The number of aliphatic hydroxyl groups excluding tert-OH is 1. The monoisotopic (exact) mass is 250 g/mol. The van der Waals surface area contributed by atoms with Crippen LogP contribution in [0.4, 0.5) is 4.79 Å². The second-order valence-corrected chi connectivity index (χ2v) is 4.82. The van der Waals surface area contributed by atoms with Crippen LogP contribution in [-0.4, -0.2) is 35.7 Å². The van der Waals surface area contributed by atoms with Crippen molar-refractivity contribution in [1.82, 2.24) is 10.2 Å². The third kappa shape index (κ3) is 4.37. The summed E-state index contributed by atoms with van der Waals surface area (Å²) in [6.45, 7) is 6.58. The van der Waals surface area contributed by atoms with Crippen molar-refractivity contribution in [2.45, 2.75) is 33.4 Å². The van der Waals surface area contributed by atoms with E-state index < -0.39 is 6.10 Å². The molecule has 2 N–H and O–H groups in total. The lowest BCUT2D eigenvalue weighted by Gasteiger charge is -2.19. The van der Waals surface area contributed by atoms with E-state index in [0.29, 0.717) is 13.1 Å². The highest BCUT2D eigenvalue weighted by Crippen LogP contribution is 2.10. The molecule has 4 heteroatoms. The molecule has 0 fully saturated rings. The molecular weight excluding hydrogens is 228 g/mol. The molecule has 0 spiro atoms. The molecule has 2 amide bonds. The summed E-state index contributed by atoms with van der Waals surface area (Å²) in [7, 11) is 1.67. The van der Waals surface area contributed by atoms with Crippen molar-refractivity contribution in [3.8, 4) is 0 Å². The van der Waals surface area contributed by atoms with Gasteiger partial charge in [0.05, 0.1) is 6.10 Å². The van der Waals surface area contributed by atoms with Gasteiger partial charge in [-0.1, -0.05) is 23.8 Å². The van der Waals surface area contributed by atoms with Gasteiger partial charge in [0.15, 0.2) is 0 Å². The number of carbonyl (C=O) groups is 1. The number of benzene rings is 1. The van der Waals surface area contributed by atoms with Gasteiger partial charge in [-0.25, -0.2) is 4.79 Å². The Hall–Kier alpha value is -1.55. The van der Waals surface area contributed by atoms with E-state index in [1.807, 2.05) is 26.0 Å². The number of hydrogen-bond donors (Lipinski definition) is 2. The molecule has 0 heterocycles. The van der Waals surface area contributed by atoms with E-state index in [9.17, 15) is 9.90 Å². The van der Waals surface area contributed by atoms with Crippen LogP contribution in [0, 0.1) is 13.8 Å². The summed E-state index contributed by atoms with van der Waals surface area (Å²) in [6.07, 6.45) is -0.512. The van der Waals surface area contributed by atoms with Gasteiger partial charge in [-0.15, -0.1) is 0 Å². The summed E-state index contributed by atoms with van der Waals surface area (Å²) in [6, 6.07) is 5.99. The molecule has 0 radical (unpaired) electrons. The Kier molecular flexibility index (Phi) is 5.16. The van der Waals surface area contributed by atoms with Gasteiger partial charge in [0.25, 0.3) is 0 Å². The quantitative estimate of drug-likeness (QED) is 0.856. The van der Waals surface area contributed by atoms with Gasteiger partial charge >= 0.3 is 6.03 Å². The van der Waals surface area contributed by atoms with E-state index in [2.05, 4.69) is 11.4 Å². The molecule has 4 nitrogen and oxygen atoms in total. The Morgan fingerprint density at radius 2 is 2.11 bits per heavy atom. The first-order valence-electron chi connectivity index (χ1n) is 6.13. The van der Waals surface area contributed by atoms with Crippen LogP contribution in [0.5, 0.6) is 0 Å². The molecular formula is C14H22N2O2. The van der Waals surface area contributed by atoms with E-state index in [4.69, 9.17) is 0 Å². The second-order valence-electron chi connectivity index (χ2n) is 4.82. The van der Waals surface area contributed by atoms with E-state index in [1.54, 1.807) is 14.0 Å². The zero-order valence-corrected chi connectivity index (χ0v) is 11.5. The van der Waals surface area contributed by atoms with Crippen LogP contribution >= 0.6 is 0 Å². The first kappa shape index (κ1) is 14.5. The van der Waals surface area contributed by atoms with Gasteiger partial charge in [0.2, 0.25) is 0 Å². The van der Waals surface area contributed by atoms with E-state index in [0.717, 1.165) is 5.56 Å². The average molecular weight is 250 g/mol. The molecule has 100 valence electrons. The second kappa shape index (κ2) is 6.40. The largest absolute Gasteiger partial charge is 0.392 e. The van der Waals surface area contributed by atoms with Crippen LogP contribution in [0.2, 0.25) is 0 Å². The Morgan fingerprint density at radius 3 is 2.67 bits per heavy atom. The molecule has 0 aromatic heterocycles. The Balaban J connectivity index is 2.52. The number of aliphatic hydroxyl groups is 1. The van der Waals surface area contributed by atoms with Crippen LogP contribution in [-0.2, 0) is 6.54 Å². The minimum atomic E-state index is -0.512. The Labute approximate surface area is 109 Å². The predicted molar refractivity (Wildman–Crippen MR) is 72.5 cm³/mol. The summed E-state index contributed by atoms with van der Waals surface area (Å²) >= 11 is 0. The summed E-state index contributed by atoms with van der Waals surface area (Å²) < 4.78 is 0. The highest BCUT2D eigenvalue weighted by atomic mass is 16.3. The minimum absolute atomic E-state index is 0.170.